The van der Waals surface area contributed by atoms with Crippen LogP contribution in [0, 0.1) is 11.3 Å². The molecule has 0 amide bonds. The van der Waals surface area contributed by atoms with Gasteiger partial charge in [-0.15, -0.1) is 0 Å². The van der Waals surface area contributed by atoms with E-state index in [1.807, 2.05) is 0 Å². The monoisotopic (exact) mass is 222 g/mol. The number of hydrogen-bond acceptors (Lipinski definition) is 3. The predicted octanol–water partition coefficient (Wildman–Crippen LogP) is 1.99. The molecule has 5 heteroatoms. The molecule has 1 heterocycles. The Kier molecular flexibility index (Phi) is 2.13. The number of carboxylic acid groups (broad SMARTS) is 1. The second-order valence-electron chi connectivity index (χ2n) is 3.55. The molecule has 1 aromatic heterocycles. The molecular formula is C10H7ClN2O2. The van der Waals surface area contributed by atoms with Crippen LogP contribution in [-0.4, -0.2) is 16.1 Å². The van der Waals surface area contributed by atoms with Gasteiger partial charge in [0.15, 0.2) is 0 Å². The summed E-state index contributed by atoms with van der Waals surface area (Å²) in [5.74, 6) is -1.13. The van der Waals surface area contributed by atoms with Gasteiger partial charge in [0.1, 0.15) is 5.69 Å². The molecule has 1 N–H and O–H groups in total. The normalized spacial score (nSPS) is 16.8. The van der Waals surface area contributed by atoms with Crippen LogP contribution in [0.5, 0.6) is 0 Å². The Hall–Kier alpha value is -1.60. The van der Waals surface area contributed by atoms with Gasteiger partial charge in [0.25, 0.3) is 0 Å². The second kappa shape index (κ2) is 3.21. The lowest BCUT2D eigenvalue weighted by atomic mass is 10.0. The van der Waals surface area contributed by atoms with Crippen LogP contribution < -0.4 is 0 Å². The van der Waals surface area contributed by atoms with Crippen molar-refractivity contribution in [1.82, 2.24) is 4.98 Å². The summed E-state index contributed by atoms with van der Waals surface area (Å²) in [7, 11) is 0. The van der Waals surface area contributed by atoms with Crippen molar-refractivity contribution >= 4 is 17.6 Å². The average molecular weight is 223 g/mol. The zero-order valence-corrected chi connectivity index (χ0v) is 8.45. The summed E-state index contributed by atoms with van der Waals surface area (Å²) in [5.41, 5.74) is -0.247. The highest BCUT2D eigenvalue weighted by atomic mass is 35.5. The predicted molar refractivity (Wildman–Crippen MR) is 52.7 cm³/mol. The van der Waals surface area contributed by atoms with Crippen molar-refractivity contribution in [3.05, 3.63) is 28.5 Å². The molecule has 76 valence electrons. The maximum atomic E-state index is 10.7. The van der Waals surface area contributed by atoms with Crippen molar-refractivity contribution in [1.29, 1.82) is 5.26 Å². The minimum Gasteiger partial charge on any atom is -0.477 e. The molecule has 15 heavy (non-hydrogen) atoms. The highest BCUT2D eigenvalue weighted by Crippen LogP contribution is 2.47. The number of halogens is 1. The van der Waals surface area contributed by atoms with Gasteiger partial charge in [-0.05, 0) is 25.0 Å². The van der Waals surface area contributed by atoms with Crippen LogP contribution in [0.15, 0.2) is 12.1 Å². The summed E-state index contributed by atoms with van der Waals surface area (Å²) in [4.78, 5) is 14.7. The molecule has 1 aromatic rings. The standard InChI is InChI=1S/C10H7ClN2O2/c11-6-3-7(9(14)15)13-8(4-6)10(5-12)1-2-10/h3-4H,1-2H2,(H,14,15). The number of pyridine rings is 1. The van der Waals surface area contributed by atoms with E-state index in [9.17, 15) is 4.79 Å². The summed E-state index contributed by atoms with van der Waals surface area (Å²) in [6.45, 7) is 0. The van der Waals surface area contributed by atoms with Gasteiger partial charge < -0.3 is 5.11 Å². The first kappa shape index (κ1) is 9.94. The molecule has 0 saturated heterocycles. The number of carbonyl (C=O) groups is 1. The van der Waals surface area contributed by atoms with Gasteiger partial charge >= 0.3 is 5.97 Å². The molecule has 1 aliphatic carbocycles. The fourth-order valence-electron chi connectivity index (χ4n) is 1.40. The number of aromatic carboxylic acids is 1. The van der Waals surface area contributed by atoms with Crippen molar-refractivity contribution in [2.75, 3.05) is 0 Å². The molecule has 4 nitrogen and oxygen atoms in total. The quantitative estimate of drug-likeness (QED) is 0.831. The van der Waals surface area contributed by atoms with Crippen LogP contribution in [0.3, 0.4) is 0 Å². The van der Waals surface area contributed by atoms with E-state index in [4.69, 9.17) is 22.0 Å². The number of aromatic nitrogens is 1. The van der Waals surface area contributed by atoms with Crippen molar-refractivity contribution in [3.63, 3.8) is 0 Å². The maximum Gasteiger partial charge on any atom is 0.354 e. The third-order valence-corrected chi connectivity index (χ3v) is 2.68. The van der Waals surface area contributed by atoms with E-state index >= 15 is 0 Å². The van der Waals surface area contributed by atoms with E-state index < -0.39 is 11.4 Å². The first-order valence-electron chi connectivity index (χ1n) is 4.40. The highest BCUT2D eigenvalue weighted by Gasteiger charge is 2.46. The van der Waals surface area contributed by atoms with Crippen molar-refractivity contribution in [3.8, 4) is 6.07 Å². The van der Waals surface area contributed by atoms with Crippen molar-refractivity contribution < 1.29 is 9.90 Å². The topological polar surface area (TPSA) is 74.0 Å². The molecular weight excluding hydrogens is 216 g/mol. The van der Waals surface area contributed by atoms with Gasteiger partial charge in [-0.1, -0.05) is 11.6 Å². The van der Waals surface area contributed by atoms with Crippen LogP contribution in [0.25, 0.3) is 0 Å². The first-order valence-corrected chi connectivity index (χ1v) is 4.78. The molecule has 0 aliphatic heterocycles. The molecule has 1 fully saturated rings. The molecule has 2 rings (SSSR count). The zero-order valence-electron chi connectivity index (χ0n) is 7.70. The van der Waals surface area contributed by atoms with Crippen LogP contribution in [0.2, 0.25) is 5.02 Å². The third-order valence-electron chi connectivity index (χ3n) is 2.46. The fourth-order valence-corrected chi connectivity index (χ4v) is 1.61. The Morgan fingerprint density at radius 3 is 2.73 bits per heavy atom. The lowest BCUT2D eigenvalue weighted by Crippen LogP contribution is -2.10. The highest BCUT2D eigenvalue weighted by molar-refractivity contribution is 6.30. The molecule has 1 saturated carbocycles. The molecule has 0 bridgehead atoms. The number of carboxylic acids is 1. The summed E-state index contributed by atoms with van der Waals surface area (Å²) in [6.07, 6.45) is 1.44. The number of nitriles is 1. The molecule has 1 aliphatic rings. The van der Waals surface area contributed by atoms with E-state index in [-0.39, 0.29) is 5.69 Å². The maximum absolute atomic E-state index is 10.7. The first-order chi connectivity index (χ1) is 7.07. The van der Waals surface area contributed by atoms with Crippen LogP contribution in [0.4, 0.5) is 0 Å². The summed E-state index contributed by atoms with van der Waals surface area (Å²) in [6, 6.07) is 4.99. The summed E-state index contributed by atoms with van der Waals surface area (Å²) >= 11 is 5.77. The zero-order chi connectivity index (χ0) is 11.1. The summed E-state index contributed by atoms with van der Waals surface area (Å²) < 4.78 is 0. The Morgan fingerprint density at radius 1 is 1.60 bits per heavy atom. The average Bonchev–Trinajstić information content (AvgIpc) is 2.97. The van der Waals surface area contributed by atoms with E-state index in [0.29, 0.717) is 10.7 Å². The van der Waals surface area contributed by atoms with Crippen molar-refractivity contribution in [2.24, 2.45) is 0 Å². The molecule has 0 atom stereocenters. The lowest BCUT2D eigenvalue weighted by molar-refractivity contribution is 0.0690. The van der Waals surface area contributed by atoms with Gasteiger partial charge in [0.05, 0.1) is 17.2 Å². The van der Waals surface area contributed by atoms with Crippen LogP contribution >= 0.6 is 11.6 Å². The Bertz CT molecular complexity index is 475. The Labute approximate surface area is 91.1 Å². The lowest BCUT2D eigenvalue weighted by Gasteiger charge is -2.06. The molecule has 0 aromatic carbocycles. The smallest absolute Gasteiger partial charge is 0.354 e. The fraction of sp³-hybridized carbons (Fsp3) is 0.300. The minimum absolute atomic E-state index is 0.112. The molecule has 0 unspecified atom stereocenters. The summed E-state index contributed by atoms with van der Waals surface area (Å²) in [5, 5.41) is 18.0. The number of hydrogen-bond donors (Lipinski definition) is 1. The van der Waals surface area contributed by atoms with E-state index in [2.05, 4.69) is 11.1 Å². The van der Waals surface area contributed by atoms with E-state index in [1.54, 1.807) is 6.07 Å². The van der Waals surface area contributed by atoms with Crippen LogP contribution in [0.1, 0.15) is 29.0 Å². The molecule has 0 spiro atoms. The van der Waals surface area contributed by atoms with Crippen molar-refractivity contribution in [2.45, 2.75) is 18.3 Å². The minimum atomic E-state index is -1.13. The Balaban J connectivity index is 2.50. The van der Waals surface area contributed by atoms with E-state index in [0.717, 1.165) is 12.8 Å². The largest absolute Gasteiger partial charge is 0.477 e. The number of rotatable bonds is 2. The Morgan fingerprint density at radius 2 is 2.27 bits per heavy atom. The van der Waals surface area contributed by atoms with Gasteiger partial charge in [-0.25, -0.2) is 9.78 Å². The van der Waals surface area contributed by atoms with Gasteiger partial charge in [-0.3, -0.25) is 0 Å². The third kappa shape index (κ3) is 1.66. The van der Waals surface area contributed by atoms with Gasteiger partial charge in [-0.2, -0.15) is 5.26 Å². The second-order valence-corrected chi connectivity index (χ2v) is 3.99. The SMILES string of the molecule is N#CC1(c2cc(Cl)cc(C(=O)O)n2)CC1. The van der Waals surface area contributed by atoms with Crippen LogP contribution in [-0.2, 0) is 5.41 Å². The van der Waals surface area contributed by atoms with Gasteiger partial charge in [0.2, 0.25) is 0 Å². The van der Waals surface area contributed by atoms with Gasteiger partial charge in [0, 0.05) is 5.02 Å². The molecule has 0 radical (unpaired) electrons. The number of nitrogens with zero attached hydrogens (tertiary/aromatic N) is 2. The van der Waals surface area contributed by atoms with E-state index in [1.165, 1.54) is 6.07 Å².